The van der Waals surface area contributed by atoms with Crippen molar-refractivity contribution in [2.24, 2.45) is 0 Å². The number of carbonyl (C=O) groups is 1. The Morgan fingerprint density at radius 3 is 2.75 bits per heavy atom. The lowest BCUT2D eigenvalue weighted by Crippen LogP contribution is -2.12. The molecule has 0 aliphatic carbocycles. The molecule has 0 radical (unpaired) electrons. The molecule has 0 N–H and O–H groups in total. The fourth-order valence-electron chi connectivity index (χ4n) is 1.94. The average Bonchev–Trinajstić information content (AvgIpc) is 2.94. The Bertz CT molecular complexity index is 607. The maximum absolute atomic E-state index is 12.6. The number of ketones is 1. The molecule has 0 aliphatic heterocycles. The van der Waals surface area contributed by atoms with E-state index >= 15 is 0 Å². The van der Waals surface area contributed by atoms with Crippen LogP contribution in [-0.2, 0) is 6.54 Å². The van der Waals surface area contributed by atoms with E-state index in [-0.39, 0.29) is 5.78 Å². The third-order valence-corrected chi connectivity index (χ3v) is 2.94. The molecule has 6 nitrogen and oxygen atoms in total. The number of rotatable bonds is 6. The minimum absolute atomic E-state index is 0.181. The van der Waals surface area contributed by atoms with E-state index in [0.29, 0.717) is 29.3 Å². The highest BCUT2D eigenvalue weighted by Crippen LogP contribution is 2.26. The third kappa shape index (κ3) is 2.64. The molecule has 1 heterocycles. The van der Waals surface area contributed by atoms with Gasteiger partial charge in [0.05, 0.1) is 26.0 Å². The number of carbonyl (C=O) groups excluding carboxylic acids is 1. The smallest absolute Gasteiger partial charge is 0.216 e. The predicted octanol–water partition coefficient (Wildman–Crippen LogP) is 1.94. The highest BCUT2D eigenvalue weighted by atomic mass is 16.5. The molecule has 20 heavy (non-hydrogen) atoms. The lowest BCUT2D eigenvalue weighted by atomic mass is 10.1. The first kappa shape index (κ1) is 14.0. The van der Waals surface area contributed by atoms with Crippen molar-refractivity contribution in [1.29, 1.82) is 0 Å². The van der Waals surface area contributed by atoms with Gasteiger partial charge in [-0.2, -0.15) is 0 Å². The van der Waals surface area contributed by atoms with Crippen LogP contribution < -0.4 is 9.47 Å². The molecular weight excluding hydrogens is 258 g/mol. The zero-order valence-corrected chi connectivity index (χ0v) is 11.8. The van der Waals surface area contributed by atoms with Crippen molar-refractivity contribution < 1.29 is 14.3 Å². The molecule has 106 valence electrons. The molecular formula is C14H17N3O3. The van der Waals surface area contributed by atoms with E-state index in [0.717, 1.165) is 6.42 Å². The van der Waals surface area contributed by atoms with Gasteiger partial charge in [-0.3, -0.25) is 4.79 Å². The molecule has 0 spiro atoms. The van der Waals surface area contributed by atoms with Gasteiger partial charge in [-0.05, 0) is 24.6 Å². The van der Waals surface area contributed by atoms with Gasteiger partial charge in [-0.1, -0.05) is 12.1 Å². The summed E-state index contributed by atoms with van der Waals surface area (Å²) in [5.74, 6) is 0.919. The van der Waals surface area contributed by atoms with E-state index in [2.05, 4.69) is 10.3 Å². The second-order valence-corrected chi connectivity index (χ2v) is 4.24. The lowest BCUT2D eigenvalue weighted by Gasteiger charge is -2.10. The molecule has 0 amide bonds. The van der Waals surface area contributed by atoms with Crippen LogP contribution in [-0.4, -0.2) is 35.0 Å². The molecule has 0 atom stereocenters. The Hall–Kier alpha value is -2.37. The van der Waals surface area contributed by atoms with Gasteiger partial charge in [0.15, 0.2) is 0 Å². The minimum Gasteiger partial charge on any atom is -0.497 e. The van der Waals surface area contributed by atoms with Crippen LogP contribution in [0, 0.1) is 0 Å². The third-order valence-electron chi connectivity index (χ3n) is 2.94. The molecule has 2 rings (SSSR count). The van der Waals surface area contributed by atoms with Crippen LogP contribution >= 0.6 is 0 Å². The van der Waals surface area contributed by atoms with E-state index in [1.807, 2.05) is 6.92 Å². The van der Waals surface area contributed by atoms with Crippen LogP contribution in [0.15, 0.2) is 24.4 Å². The normalized spacial score (nSPS) is 10.3. The van der Waals surface area contributed by atoms with Gasteiger partial charge in [0, 0.05) is 6.54 Å². The number of ether oxygens (including phenoxy) is 2. The van der Waals surface area contributed by atoms with Crippen molar-refractivity contribution in [3.8, 4) is 11.5 Å². The van der Waals surface area contributed by atoms with Crippen LogP contribution in [0.3, 0.4) is 0 Å². The van der Waals surface area contributed by atoms with E-state index in [4.69, 9.17) is 9.47 Å². The molecule has 0 bridgehead atoms. The van der Waals surface area contributed by atoms with Gasteiger partial charge >= 0.3 is 0 Å². The molecule has 0 unspecified atom stereocenters. The van der Waals surface area contributed by atoms with Gasteiger partial charge in [-0.15, -0.1) is 5.10 Å². The number of nitrogens with zero attached hydrogens (tertiary/aromatic N) is 3. The van der Waals surface area contributed by atoms with Crippen molar-refractivity contribution in [2.75, 3.05) is 14.2 Å². The van der Waals surface area contributed by atoms with Gasteiger partial charge < -0.3 is 9.47 Å². The van der Waals surface area contributed by atoms with Gasteiger partial charge in [-0.25, -0.2) is 4.68 Å². The number of hydrogen-bond donors (Lipinski definition) is 0. The summed E-state index contributed by atoms with van der Waals surface area (Å²) >= 11 is 0. The number of aromatic nitrogens is 3. The summed E-state index contributed by atoms with van der Waals surface area (Å²) in [6, 6.07) is 5.11. The van der Waals surface area contributed by atoms with Crippen molar-refractivity contribution in [1.82, 2.24) is 15.0 Å². The fourth-order valence-corrected chi connectivity index (χ4v) is 1.94. The lowest BCUT2D eigenvalue weighted by molar-refractivity contribution is 0.102. The van der Waals surface area contributed by atoms with Crippen molar-refractivity contribution >= 4 is 5.78 Å². The Kier molecular flexibility index (Phi) is 4.34. The maximum Gasteiger partial charge on any atom is 0.216 e. The van der Waals surface area contributed by atoms with Crippen LogP contribution in [0.5, 0.6) is 11.5 Å². The first-order chi connectivity index (χ1) is 9.71. The molecule has 0 saturated heterocycles. The highest BCUT2D eigenvalue weighted by Gasteiger charge is 2.19. The standard InChI is InChI=1S/C14H17N3O3/c1-4-7-17-12(9-15-16-17)14(18)11-8-10(19-2)5-6-13(11)20-3/h5-6,8-9H,4,7H2,1-3H3. The summed E-state index contributed by atoms with van der Waals surface area (Å²) in [5, 5.41) is 7.73. The Morgan fingerprint density at radius 1 is 1.30 bits per heavy atom. The van der Waals surface area contributed by atoms with Crippen molar-refractivity contribution in [3.63, 3.8) is 0 Å². The first-order valence-corrected chi connectivity index (χ1v) is 6.36. The molecule has 0 saturated carbocycles. The second-order valence-electron chi connectivity index (χ2n) is 4.24. The Balaban J connectivity index is 2.44. The van der Waals surface area contributed by atoms with Crippen LogP contribution in [0.25, 0.3) is 0 Å². The minimum atomic E-state index is -0.181. The average molecular weight is 275 g/mol. The zero-order chi connectivity index (χ0) is 14.5. The molecule has 1 aromatic carbocycles. The number of methoxy groups -OCH3 is 2. The van der Waals surface area contributed by atoms with E-state index < -0.39 is 0 Å². The number of aryl methyl sites for hydroxylation is 1. The highest BCUT2D eigenvalue weighted by molar-refractivity contribution is 6.09. The van der Waals surface area contributed by atoms with Gasteiger partial charge in [0.1, 0.15) is 17.2 Å². The van der Waals surface area contributed by atoms with E-state index in [9.17, 15) is 4.79 Å². The SMILES string of the molecule is CCCn1nncc1C(=O)c1cc(OC)ccc1OC. The summed E-state index contributed by atoms with van der Waals surface area (Å²) < 4.78 is 12.0. The zero-order valence-electron chi connectivity index (χ0n) is 11.8. The van der Waals surface area contributed by atoms with E-state index in [1.165, 1.54) is 13.3 Å². The molecule has 0 fully saturated rings. The predicted molar refractivity (Wildman–Crippen MR) is 73.3 cm³/mol. The van der Waals surface area contributed by atoms with Crippen LogP contribution in [0.2, 0.25) is 0 Å². The quantitative estimate of drug-likeness (QED) is 0.754. The Labute approximate surface area is 117 Å². The van der Waals surface area contributed by atoms with E-state index in [1.54, 1.807) is 30.0 Å². The largest absolute Gasteiger partial charge is 0.497 e. The maximum atomic E-state index is 12.6. The summed E-state index contributed by atoms with van der Waals surface area (Å²) in [5.41, 5.74) is 0.880. The summed E-state index contributed by atoms with van der Waals surface area (Å²) in [6.45, 7) is 2.66. The summed E-state index contributed by atoms with van der Waals surface area (Å²) in [6.07, 6.45) is 2.34. The number of benzene rings is 1. The van der Waals surface area contributed by atoms with Crippen LogP contribution in [0.1, 0.15) is 29.4 Å². The molecule has 2 aromatic rings. The fraction of sp³-hybridized carbons (Fsp3) is 0.357. The number of hydrogen-bond acceptors (Lipinski definition) is 5. The first-order valence-electron chi connectivity index (χ1n) is 6.36. The monoisotopic (exact) mass is 275 g/mol. The molecule has 0 aliphatic rings. The Morgan fingerprint density at radius 2 is 2.10 bits per heavy atom. The summed E-state index contributed by atoms with van der Waals surface area (Å²) in [7, 11) is 3.08. The molecule has 6 heteroatoms. The van der Waals surface area contributed by atoms with Crippen molar-refractivity contribution in [3.05, 3.63) is 35.7 Å². The molecule has 1 aromatic heterocycles. The summed E-state index contributed by atoms with van der Waals surface area (Å²) in [4.78, 5) is 12.6. The van der Waals surface area contributed by atoms with Crippen molar-refractivity contribution in [2.45, 2.75) is 19.9 Å². The van der Waals surface area contributed by atoms with Crippen LogP contribution in [0.4, 0.5) is 0 Å². The topological polar surface area (TPSA) is 66.2 Å². The van der Waals surface area contributed by atoms with Gasteiger partial charge in [0.25, 0.3) is 0 Å². The van der Waals surface area contributed by atoms with Gasteiger partial charge in [0.2, 0.25) is 5.78 Å². The second kappa shape index (κ2) is 6.18.